The van der Waals surface area contributed by atoms with Gasteiger partial charge in [-0.15, -0.1) is 0 Å². The lowest BCUT2D eigenvalue weighted by Gasteiger charge is -2.22. The predicted octanol–water partition coefficient (Wildman–Crippen LogP) is 3.75. The monoisotopic (exact) mass is 392 g/mol. The Kier molecular flexibility index (Phi) is 11.7. The predicted molar refractivity (Wildman–Crippen MR) is 111 cm³/mol. The molecule has 0 amide bonds. The second-order valence-corrected chi connectivity index (χ2v) is 7.72. The molecule has 0 aromatic heterocycles. The molecule has 0 bridgehead atoms. The molecule has 5 atom stereocenters. The molecule has 28 heavy (non-hydrogen) atoms. The number of hydrogen-bond acceptors (Lipinski definition) is 5. The van der Waals surface area contributed by atoms with E-state index in [4.69, 9.17) is 0 Å². The molecule has 0 aliphatic heterocycles. The zero-order valence-electron chi connectivity index (χ0n) is 17.4. The van der Waals surface area contributed by atoms with Crippen LogP contribution in [0.15, 0.2) is 36.5 Å². The van der Waals surface area contributed by atoms with Crippen LogP contribution in [0.3, 0.4) is 0 Å². The van der Waals surface area contributed by atoms with E-state index in [2.05, 4.69) is 18.6 Å². The lowest BCUT2D eigenvalue weighted by atomic mass is 9.86. The van der Waals surface area contributed by atoms with Gasteiger partial charge in [0.15, 0.2) is 5.78 Å². The Morgan fingerprint density at radius 3 is 2.71 bits per heavy atom. The SMILES string of the molecule is CCCCC(C)CC(O)C=CC1C=CC(=O)C1C(O)CCCC=CC(=O)OC. The van der Waals surface area contributed by atoms with Crippen molar-refractivity contribution in [1.82, 2.24) is 0 Å². The van der Waals surface area contributed by atoms with Crippen molar-refractivity contribution in [1.29, 1.82) is 0 Å². The van der Waals surface area contributed by atoms with Crippen LogP contribution in [0.25, 0.3) is 0 Å². The number of aliphatic hydroxyl groups excluding tert-OH is 2. The number of methoxy groups -OCH3 is 1. The van der Waals surface area contributed by atoms with Crippen LogP contribution in [0.5, 0.6) is 0 Å². The first-order chi connectivity index (χ1) is 13.4. The third-order valence-electron chi connectivity index (χ3n) is 5.22. The van der Waals surface area contributed by atoms with Crippen molar-refractivity contribution < 1.29 is 24.5 Å². The molecule has 0 radical (unpaired) electrons. The standard InChI is InChI=1S/C23H36O5/c1-4-5-9-17(2)16-19(24)14-12-18-13-15-21(26)23(18)20(25)10-7-6-8-11-22(27)28-3/h8,11-15,17-20,23-25H,4-7,9-10,16H2,1-3H3. The summed E-state index contributed by atoms with van der Waals surface area (Å²) in [7, 11) is 1.32. The Bertz CT molecular complexity index is 563. The zero-order chi connectivity index (χ0) is 20.9. The van der Waals surface area contributed by atoms with Crippen LogP contribution in [0, 0.1) is 17.8 Å². The summed E-state index contributed by atoms with van der Waals surface area (Å²) in [5.74, 6) is -0.694. The van der Waals surface area contributed by atoms with Gasteiger partial charge < -0.3 is 14.9 Å². The molecule has 1 aliphatic carbocycles. The highest BCUT2D eigenvalue weighted by molar-refractivity contribution is 5.95. The number of carbonyl (C=O) groups is 2. The summed E-state index contributed by atoms with van der Waals surface area (Å²) < 4.78 is 4.52. The fraction of sp³-hybridized carbons (Fsp3) is 0.652. The molecule has 5 heteroatoms. The van der Waals surface area contributed by atoms with E-state index >= 15 is 0 Å². The minimum Gasteiger partial charge on any atom is -0.466 e. The van der Waals surface area contributed by atoms with Crippen molar-refractivity contribution in [3.8, 4) is 0 Å². The van der Waals surface area contributed by atoms with Gasteiger partial charge in [0, 0.05) is 12.0 Å². The van der Waals surface area contributed by atoms with Gasteiger partial charge in [0.2, 0.25) is 0 Å². The second-order valence-electron chi connectivity index (χ2n) is 7.72. The van der Waals surface area contributed by atoms with Crippen molar-refractivity contribution in [2.45, 2.75) is 71.0 Å². The molecule has 0 saturated heterocycles. The highest BCUT2D eigenvalue weighted by atomic mass is 16.5. The first kappa shape index (κ1) is 24.3. The van der Waals surface area contributed by atoms with Gasteiger partial charge in [0.25, 0.3) is 0 Å². The number of carbonyl (C=O) groups excluding carboxylic acids is 2. The Labute approximate surface area is 169 Å². The van der Waals surface area contributed by atoms with Crippen molar-refractivity contribution in [3.63, 3.8) is 0 Å². The molecule has 0 saturated carbocycles. The number of unbranched alkanes of at least 4 members (excludes halogenated alkanes) is 2. The molecule has 2 N–H and O–H groups in total. The summed E-state index contributed by atoms with van der Waals surface area (Å²) >= 11 is 0. The highest BCUT2D eigenvalue weighted by Gasteiger charge is 2.34. The van der Waals surface area contributed by atoms with Crippen molar-refractivity contribution >= 4 is 11.8 Å². The molecular weight excluding hydrogens is 356 g/mol. The van der Waals surface area contributed by atoms with Crippen LogP contribution >= 0.6 is 0 Å². The fourth-order valence-electron chi connectivity index (χ4n) is 3.55. The Morgan fingerprint density at radius 2 is 2.04 bits per heavy atom. The lowest BCUT2D eigenvalue weighted by molar-refractivity contribution is -0.134. The van der Waals surface area contributed by atoms with Gasteiger partial charge in [-0.2, -0.15) is 0 Å². The van der Waals surface area contributed by atoms with Gasteiger partial charge in [-0.3, -0.25) is 4.79 Å². The second kappa shape index (κ2) is 13.5. The van der Waals surface area contributed by atoms with Gasteiger partial charge in [0.1, 0.15) is 0 Å². The third-order valence-corrected chi connectivity index (χ3v) is 5.22. The van der Waals surface area contributed by atoms with E-state index in [-0.39, 0.29) is 11.7 Å². The van der Waals surface area contributed by atoms with Crippen LogP contribution in [0.4, 0.5) is 0 Å². The molecule has 1 rings (SSSR count). The number of ether oxygens (including phenoxy) is 1. The molecule has 158 valence electrons. The average Bonchev–Trinajstić information content (AvgIpc) is 3.04. The Balaban J connectivity index is 2.48. The number of aliphatic hydroxyl groups is 2. The van der Waals surface area contributed by atoms with E-state index in [1.165, 1.54) is 25.7 Å². The number of allylic oxidation sites excluding steroid dienone is 4. The number of ketones is 1. The summed E-state index contributed by atoms with van der Waals surface area (Å²) in [5, 5.41) is 20.7. The first-order valence-electron chi connectivity index (χ1n) is 10.4. The van der Waals surface area contributed by atoms with E-state index in [1.807, 2.05) is 6.08 Å². The van der Waals surface area contributed by atoms with E-state index in [9.17, 15) is 19.8 Å². The zero-order valence-corrected chi connectivity index (χ0v) is 17.4. The minimum absolute atomic E-state index is 0.0712. The van der Waals surface area contributed by atoms with Crippen LogP contribution in [0.2, 0.25) is 0 Å². The maximum atomic E-state index is 12.2. The normalized spacial score (nSPS) is 22.8. The molecule has 1 aliphatic rings. The molecule has 0 fully saturated rings. The van der Waals surface area contributed by atoms with Gasteiger partial charge in [-0.1, -0.05) is 57.4 Å². The number of hydrogen-bond donors (Lipinski definition) is 2. The lowest BCUT2D eigenvalue weighted by Crippen LogP contribution is -2.29. The van der Waals surface area contributed by atoms with Crippen LogP contribution < -0.4 is 0 Å². The minimum atomic E-state index is -0.746. The van der Waals surface area contributed by atoms with E-state index in [0.29, 0.717) is 31.6 Å². The molecule has 0 heterocycles. The van der Waals surface area contributed by atoms with E-state index < -0.39 is 24.1 Å². The topological polar surface area (TPSA) is 83.8 Å². The van der Waals surface area contributed by atoms with Gasteiger partial charge in [-0.25, -0.2) is 4.79 Å². The largest absolute Gasteiger partial charge is 0.466 e. The van der Waals surface area contributed by atoms with Crippen molar-refractivity contribution in [3.05, 3.63) is 36.5 Å². The highest BCUT2D eigenvalue weighted by Crippen LogP contribution is 2.29. The van der Waals surface area contributed by atoms with Gasteiger partial charge >= 0.3 is 5.97 Å². The molecule has 0 aromatic carbocycles. The molecule has 5 nitrogen and oxygen atoms in total. The summed E-state index contributed by atoms with van der Waals surface area (Å²) in [6.07, 6.45) is 14.7. The number of esters is 1. The van der Waals surface area contributed by atoms with E-state index in [1.54, 1.807) is 18.2 Å². The fourth-order valence-corrected chi connectivity index (χ4v) is 3.55. The van der Waals surface area contributed by atoms with Crippen LogP contribution in [-0.4, -0.2) is 41.3 Å². The van der Waals surface area contributed by atoms with Gasteiger partial charge in [0.05, 0.1) is 25.2 Å². The van der Waals surface area contributed by atoms with Crippen molar-refractivity contribution in [2.24, 2.45) is 17.8 Å². The molecular formula is C23H36O5. The maximum absolute atomic E-state index is 12.2. The van der Waals surface area contributed by atoms with Crippen LogP contribution in [0.1, 0.15) is 58.8 Å². The maximum Gasteiger partial charge on any atom is 0.330 e. The van der Waals surface area contributed by atoms with Crippen LogP contribution in [-0.2, 0) is 14.3 Å². The number of rotatable bonds is 13. The summed E-state index contributed by atoms with van der Waals surface area (Å²) in [6.45, 7) is 4.31. The smallest absolute Gasteiger partial charge is 0.330 e. The summed E-state index contributed by atoms with van der Waals surface area (Å²) in [6, 6.07) is 0. The quantitative estimate of drug-likeness (QED) is 0.216. The summed E-state index contributed by atoms with van der Waals surface area (Å²) in [5.41, 5.74) is 0. The average molecular weight is 393 g/mol. The Morgan fingerprint density at radius 1 is 1.29 bits per heavy atom. The van der Waals surface area contributed by atoms with E-state index in [0.717, 1.165) is 12.8 Å². The first-order valence-corrected chi connectivity index (χ1v) is 10.4. The third kappa shape index (κ3) is 8.98. The summed E-state index contributed by atoms with van der Waals surface area (Å²) in [4.78, 5) is 23.2. The Hall–Kier alpha value is -1.72. The van der Waals surface area contributed by atoms with Gasteiger partial charge in [-0.05, 0) is 37.7 Å². The molecule has 0 spiro atoms. The molecule has 5 unspecified atom stereocenters. The van der Waals surface area contributed by atoms with Crippen molar-refractivity contribution in [2.75, 3.05) is 7.11 Å². The molecule has 0 aromatic rings.